The topological polar surface area (TPSA) is 58.6 Å². The van der Waals surface area contributed by atoms with E-state index in [0.29, 0.717) is 5.69 Å². The molecule has 30 heavy (non-hydrogen) atoms. The molecule has 0 aromatic heterocycles. The number of nitrogens with zero attached hydrogens (tertiary/aromatic N) is 1. The Bertz CT molecular complexity index is 1020. The number of likely N-dealkylation sites (tertiary alicyclic amines) is 1. The minimum atomic E-state index is -0.773. The summed E-state index contributed by atoms with van der Waals surface area (Å²) in [5, 5.41) is 2.88. The highest BCUT2D eigenvalue weighted by atomic mass is 16.5. The predicted molar refractivity (Wildman–Crippen MR) is 116 cm³/mol. The summed E-state index contributed by atoms with van der Waals surface area (Å²) in [6.45, 7) is 2.00. The van der Waals surface area contributed by atoms with Crippen molar-refractivity contribution in [3.63, 3.8) is 0 Å². The lowest BCUT2D eigenvalue weighted by molar-refractivity contribution is -0.165. The zero-order valence-electron chi connectivity index (χ0n) is 17.0. The van der Waals surface area contributed by atoms with Crippen LogP contribution in [0.4, 0.5) is 5.69 Å². The highest BCUT2D eigenvalue weighted by molar-refractivity contribution is 6.11. The Morgan fingerprint density at radius 1 is 0.933 bits per heavy atom. The van der Waals surface area contributed by atoms with E-state index in [1.165, 1.54) is 0 Å². The third kappa shape index (κ3) is 3.66. The molecule has 1 unspecified atom stereocenters. The maximum Gasteiger partial charge on any atom is 0.239 e. The number of methoxy groups -OCH3 is 1. The molecule has 5 nitrogen and oxygen atoms in total. The smallest absolute Gasteiger partial charge is 0.239 e. The van der Waals surface area contributed by atoms with E-state index in [1.54, 1.807) is 12.0 Å². The van der Waals surface area contributed by atoms with Crippen LogP contribution in [0, 0.1) is 5.92 Å². The maximum absolute atomic E-state index is 13.2. The zero-order valence-corrected chi connectivity index (χ0v) is 17.0. The number of carbonyl (C=O) groups is 2. The van der Waals surface area contributed by atoms with Crippen molar-refractivity contribution >= 4 is 17.5 Å². The minimum absolute atomic E-state index is 0.147. The van der Waals surface area contributed by atoms with Gasteiger partial charge in [0, 0.05) is 5.69 Å². The van der Waals surface area contributed by atoms with Crippen molar-refractivity contribution in [1.82, 2.24) is 4.90 Å². The number of benzene rings is 3. The molecule has 5 heteroatoms. The molecule has 0 aliphatic carbocycles. The van der Waals surface area contributed by atoms with E-state index in [4.69, 9.17) is 4.74 Å². The molecule has 0 radical (unpaired) electrons. The lowest BCUT2D eigenvalue weighted by atomic mass is 9.79. The second-order valence-electron chi connectivity index (χ2n) is 7.38. The van der Waals surface area contributed by atoms with Crippen molar-refractivity contribution in [3.8, 4) is 5.75 Å². The number of rotatable bonds is 6. The van der Waals surface area contributed by atoms with E-state index < -0.39 is 5.92 Å². The van der Waals surface area contributed by atoms with Crippen molar-refractivity contribution in [2.45, 2.75) is 19.0 Å². The molecule has 1 N–H and O–H groups in total. The fraction of sp³-hybridized carbons (Fsp3) is 0.200. The third-order valence-electron chi connectivity index (χ3n) is 5.62. The van der Waals surface area contributed by atoms with Crippen LogP contribution in [0.1, 0.15) is 30.1 Å². The zero-order chi connectivity index (χ0) is 21.1. The second-order valence-corrected chi connectivity index (χ2v) is 7.38. The summed E-state index contributed by atoms with van der Waals surface area (Å²) in [5.41, 5.74) is 2.62. The Morgan fingerprint density at radius 2 is 1.53 bits per heavy atom. The van der Waals surface area contributed by atoms with Crippen LogP contribution in [0.2, 0.25) is 0 Å². The summed E-state index contributed by atoms with van der Waals surface area (Å²) in [6, 6.07) is 26.1. The summed E-state index contributed by atoms with van der Waals surface area (Å²) < 4.78 is 5.26. The number of ether oxygens (including phenoxy) is 1. The summed E-state index contributed by atoms with van der Waals surface area (Å²) >= 11 is 0. The van der Waals surface area contributed by atoms with Crippen molar-refractivity contribution in [2.75, 3.05) is 12.4 Å². The molecule has 152 valence electrons. The molecule has 1 saturated heterocycles. The van der Waals surface area contributed by atoms with Gasteiger partial charge in [-0.15, -0.1) is 0 Å². The highest BCUT2D eigenvalue weighted by Crippen LogP contribution is 2.46. The first kappa shape index (κ1) is 19.7. The lowest BCUT2D eigenvalue weighted by Gasteiger charge is -2.49. The van der Waals surface area contributed by atoms with E-state index in [1.807, 2.05) is 91.9 Å². The second kappa shape index (κ2) is 8.41. The van der Waals surface area contributed by atoms with Gasteiger partial charge in [-0.25, -0.2) is 0 Å². The maximum atomic E-state index is 13.2. The van der Waals surface area contributed by atoms with Crippen LogP contribution >= 0.6 is 0 Å². The van der Waals surface area contributed by atoms with Crippen molar-refractivity contribution in [3.05, 3.63) is 96.1 Å². The van der Waals surface area contributed by atoms with Crippen molar-refractivity contribution in [1.29, 1.82) is 0 Å². The van der Waals surface area contributed by atoms with Gasteiger partial charge in [-0.1, -0.05) is 60.7 Å². The highest BCUT2D eigenvalue weighted by Gasteiger charge is 2.54. The van der Waals surface area contributed by atoms with Gasteiger partial charge >= 0.3 is 0 Å². The summed E-state index contributed by atoms with van der Waals surface area (Å²) in [6.07, 6.45) is 0. The number of nitrogens with one attached hydrogen (secondary N) is 1. The molecule has 2 amide bonds. The van der Waals surface area contributed by atoms with Crippen LogP contribution in [0.3, 0.4) is 0 Å². The Kier molecular flexibility index (Phi) is 5.53. The monoisotopic (exact) mass is 400 g/mol. The van der Waals surface area contributed by atoms with Gasteiger partial charge < -0.3 is 15.0 Å². The fourth-order valence-electron chi connectivity index (χ4n) is 3.99. The van der Waals surface area contributed by atoms with E-state index in [-0.39, 0.29) is 23.9 Å². The van der Waals surface area contributed by atoms with Gasteiger partial charge in [0.15, 0.2) is 0 Å². The Morgan fingerprint density at radius 3 is 2.13 bits per heavy atom. The van der Waals surface area contributed by atoms with Crippen LogP contribution in [-0.4, -0.2) is 23.8 Å². The van der Waals surface area contributed by atoms with E-state index >= 15 is 0 Å². The SMILES string of the molecule is COc1ccc([C@@H]2[C@@H](C(=O)Nc3ccccc3)C(=O)N2C(C)c2ccccc2)cc1. The predicted octanol–water partition coefficient (Wildman–Crippen LogP) is 4.59. The minimum Gasteiger partial charge on any atom is -0.497 e. The van der Waals surface area contributed by atoms with Gasteiger partial charge in [0.1, 0.15) is 11.7 Å². The average Bonchev–Trinajstić information content (AvgIpc) is 2.78. The molecule has 0 spiro atoms. The summed E-state index contributed by atoms with van der Waals surface area (Å²) in [4.78, 5) is 28.0. The molecule has 1 fully saturated rings. The number of carbonyl (C=O) groups excluding carboxylic acids is 2. The Balaban J connectivity index is 1.65. The van der Waals surface area contributed by atoms with Crippen LogP contribution in [0.15, 0.2) is 84.9 Å². The van der Waals surface area contributed by atoms with Gasteiger partial charge in [-0.2, -0.15) is 0 Å². The number of anilines is 1. The van der Waals surface area contributed by atoms with Gasteiger partial charge in [0.25, 0.3) is 0 Å². The number of hydrogen-bond donors (Lipinski definition) is 1. The van der Waals surface area contributed by atoms with Gasteiger partial charge in [0.2, 0.25) is 11.8 Å². The molecule has 3 aromatic carbocycles. The molecule has 3 atom stereocenters. The molecule has 1 aliphatic rings. The molecule has 1 aliphatic heterocycles. The molecule has 0 saturated carbocycles. The van der Waals surface area contributed by atoms with E-state index in [0.717, 1.165) is 16.9 Å². The van der Waals surface area contributed by atoms with Crippen molar-refractivity contribution in [2.24, 2.45) is 5.92 Å². The average molecular weight is 400 g/mol. The Labute approximate surface area is 176 Å². The lowest BCUT2D eigenvalue weighted by Crippen LogP contribution is -2.59. The van der Waals surface area contributed by atoms with Crippen LogP contribution in [0.5, 0.6) is 5.75 Å². The molecular weight excluding hydrogens is 376 g/mol. The molecule has 0 bridgehead atoms. The third-order valence-corrected chi connectivity index (χ3v) is 5.62. The first-order valence-corrected chi connectivity index (χ1v) is 9.97. The first-order chi connectivity index (χ1) is 14.6. The van der Waals surface area contributed by atoms with E-state index in [9.17, 15) is 9.59 Å². The molecule has 3 aromatic rings. The summed E-state index contributed by atoms with van der Waals surface area (Å²) in [5.74, 6) is -0.494. The van der Waals surface area contributed by atoms with Crippen LogP contribution in [0.25, 0.3) is 0 Å². The fourth-order valence-corrected chi connectivity index (χ4v) is 3.99. The largest absolute Gasteiger partial charge is 0.497 e. The van der Waals surface area contributed by atoms with Crippen LogP contribution in [-0.2, 0) is 9.59 Å². The molecule has 1 heterocycles. The quantitative estimate of drug-likeness (QED) is 0.486. The first-order valence-electron chi connectivity index (χ1n) is 9.97. The van der Waals surface area contributed by atoms with Gasteiger partial charge in [-0.3, -0.25) is 9.59 Å². The molecule has 4 rings (SSSR count). The normalized spacial score (nSPS) is 19.0. The number of amides is 2. The van der Waals surface area contributed by atoms with Crippen LogP contribution < -0.4 is 10.1 Å². The summed E-state index contributed by atoms with van der Waals surface area (Å²) in [7, 11) is 1.61. The number of para-hydroxylation sites is 1. The van der Waals surface area contributed by atoms with Gasteiger partial charge in [0.05, 0.1) is 19.2 Å². The standard InChI is InChI=1S/C25H24N2O3/c1-17(18-9-5-3-6-10-18)27-23(19-13-15-21(30-2)16-14-19)22(25(27)29)24(28)26-20-11-7-4-8-12-20/h3-17,22-23H,1-2H3,(H,26,28)/t17?,22-,23+/m0/s1. The number of β-lactam (4-membered cyclic amide) rings is 1. The van der Waals surface area contributed by atoms with Gasteiger partial charge in [-0.05, 0) is 42.3 Å². The molecular formula is C25H24N2O3. The Hall–Kier alpha value is -3.60. The van der Waals surface area contributed by atoms with Crippen molar-refractivity contribution < 1.29 is 14.3 Å². The number of hydrogen-bond acceptors (Lipinski definition) is 3. The van der Waals surface area contributed by atoms with E-state index in [2.05, 4.69) is 5.32 Å².